The Morgan fingerprint density at radius 1 is 0.712 bits per heavy atom. The molecule has 1 saturated heterocycles. The molecule has 0 unspecified atom stereocenters. The molecular weight excluding hydrogens is 768 g/mol. The number of carboxylic acids is 1. The number of nitrogens with two attached hydrogens (primary N) is 1. The lowest BCUT2D eigenvalue weighted by Gasteiger charge is -2.24. The van der Waals surface area contributed by atoms with Gasteiger partial charge in [0.2, 0.25) is 0 Å². The van der Waals surface area contributed by atoms with Crippen LogP contribution in [-0.2, 0) is 47.6 Å². The van der Waals surface area contributed by atoms with Gasteiger partial charge >= 0.3 is 36.1 Å². The predicted octanol–water partition coefficient (Wildman–Crippen LogP) is 6.74. The lowest BCUT2D eigenvalue weighted by Crippen LogP contribution is -2.35. The number of carbonyl (C=O) groups is 6. The van der Waals surface area contributed by atoms with E-state index in [1.165, 1.54) is 102 Å². The maximum atomic E-state index is 11.4. The fourth-order valence-corrected chi connectivity index (χ4v) is 3.69. The van der Waals surface area contributed by atoms with E-state index in [9.17, 15) is 28.8 Å². The van der Waals surface area contributed by atoms with E-state index in [-0.39, 0.29) is 31.3 Å². The number of rotatable bonds is 18. The second-order valence-corrected chi connectivity index (χ2v) is 15.0. The van der Waals surface area contributed by atoms with E-state index in [2.05, 4.69) is 33.0 Å². The molecule has 59 heavy (non-hydrogen) atoms. The fraction of sp³-hybridized carbons (Fsp3) is 0.810. The first kappa shape index (κ1) is 64.2. The Labute approximate surface area is 356 Å². The van der Waals surface area contributed by atoms with Gasteiger partial charge in [-0.25, -0.2) is 14.4 Å². The number of unbranched alkanes of at least 4 members (excludes halogenated alkanes) is 7. The SMILES string of the molecule is C1CCOC1.C=CC(=O)OC.CCCCCCCCCCN.CN(CCC(=O)O)C(=O)OC(C)(C)C.CNCCC(=O)OC.COC(=O)CCN(C)C(=O)OC(C)(C)C. The molecular formula is C42H84N4O13. The zero-order valence-corrected chi connectivity index (χ0v) is 39.0. The second-order valence-electron chi connectivity index (χ2n) is 15.0. The van der Waals surface area contributed by atoms with E-state index < -0.39 is 35.3 Å². The molecule has 17 heteroatoms. The first-order valence-corrected chi connectivity index (χ1v) is 20.4. The van der Waals surface area contributed by atoms with Gasteiger partial charge in [0.05, 0.1) is 40.6 Å². The average Bonchev–Trinajstić information content (AvgIpc) is 3.77. The van der Waals surface area contributed by atoms with Gasteiger partial charge in [-0.2, -0.15) is 0 Å². The normalized spacial score (nSPS) is 11.2. The van der Waals surface area contributed by atoms with Gasteiger partial charge in [-0.05, 0) is 74.4 Å². The van der Waals surface area contributed by atoms with Crippen LogP contribution in [0.3, 0.4) is 0 Å². The van der Waals surface area contributed by atoms with Gasteiger partial charge in [0.25, 0.3) is 0 Å². The van der Waals surface area contributed by atoms with Crippen LogP contribution in [0.1, 0.15) is 132 Å². The maximum absolute atomic E-state index is 11.4. The summed E-state index contributed by atoms with van der Waals surface area (Å²) in [5.74, 6) is -1.83. The minimum atomic E-state index is -0.930. The van der Waals surface area contributed by atoms with Gasteiger partial charge in [-0.3, -0.25) is 14.4 Å². The molecule has 0 aromatic carbocycles. The van der Waals surface area contributed by atoms with Crippen molar-refractivity contribution in [3.63, 3.8) is 0 Å². The van der Waals surface area contributed by atoms with Gasteiger partial charge < -0.3 is 54.4 Å². The van der Waals surface area contributed by atoms with Crippen LogP contribution in [0.4, 0.5) is 9.59 Å². The number of hydrogen-bond donors (Lipinski definition) is 3. The van der Waals surface area contributed by atoms with E-state index in [0.29, 0.717) is 19.5 Å². The zero-order valence-electron chi connectivity index (χ0n) is 39.0. The highest BCUT2D eigenvalue weighted by atomic mass is 16.6. The van der Waals surface area contributed by atoms with Gasteiger partial charge in [0.15, 0.2) is 0 Å². The van der Waals surface area contributed by atoms with Crippen LogP contribution in [0.5, 0.6) is 0 Å². The van der Waals surface area contributed by atoms with Gasteiger partial charge in [-0.1, -0.05) is 58.4 Å². The summed E-state index contributed by atoms with van der Waals surface area (Å²) in [6.07, 6.45) is 14.3. The third-order valence-corrected chi connectivity index (χ3v) is 7.01. The summed E-state index contributed by atoms with van der Waals surface area (Å²) in [5.41, 5.74) is 4.33. The minimum Gasteiger partial charge on any atom is -0.481 e. The first-order chi connectivity index (χ1) is 27.5. The van der Waals surface area contributed by atoms with Crippen molar-refractivity contribution < 1.29 is 62.3 Å². The lowest BCUT2D eigenvalue weighted by molar-refractivity contribution is -0.141. The molecule has 0 bridgehead atoms. The van der Waals surface area contributed by atoms with Crippen molar-refractivity contribution in [2.75, 3.05) is 81.9 Å². The highest BCUT2D eigenvalue weighted by Crippen LogP contribution is 2.10. The maximum Gasteiger partial charge on any atom is 0.410 e. The van der Waals surface area contributed by atoms with Crippen molar-refractivity contribution in [3.8, 4) is 0 Å². The number of ether oxygens (including phenoxy) is 6. The van der Waals surface area contributed by atoms with Crippen LogP contribution >= 0.6 is 0 Å². The number of methoxy groups -OCH3 is 3. The Morgan fingerprint density at radius 3 is 1.41 bits per heavy atom. The lowest BCUT2D eigenvalue weighted by atomic mass is 10.1. The van der Waals surface area contributed by atoms with E-state index in [4.69, 9.17) is 25.1 Å². The molecule has 17 nitrogen and oxygen atoms in total. The summed E-state index contributed by atoms with van der Waals surface area (Å²) in [4.78, 5) is 66.5. The van der Waals surface area contributed by atoms with Crippen LogP contribution in [0.15, 0.2) is 12.7 Å². The largest absolute Gasteiger partial charge is 0.481 e. The number of nitrogens with zero attached hydrogens (tertiary/aromatic N) is 2. The van der Waals surface area contributed by atoms with Gasteiger partial charge in [-0.15, -0.1) is 0 Å². The Bertz CT molecular complexity index is 1060. The quantitative estimate of drug-likeness (QED) is 0.0562. The molecule has 1 heterocycles. The highest BCUT2D eigenvalue weighted by molar-refractivity contribution is 5.80. The van der Waals surface area contributed by atoms with Crippen molar-refractivity contribution in [1.82, 2.24) is 15.1 Å². The number of esters is 3. The summed E-state index contributed by atoms with van der Waals surface area (Å²) in [6, 6.07) is 0. The smallest absolute Gasteiger partial charge is 0.410 e. The summed E-state index contributed by atoms with van der Waals surface area (Å²) in [5, 5.41) is 11.2. The molecule has 0 aliphatic carbocycles. The van der Waals surface area contributed by atoms with E-state index in [1.54, 1.807) is 55.6 Å². The molecule has 2 amide bonds. The van der Waals surface area contributed by atoms with Crippen LogP contribution in [0, 0.1) is 0 Å². The van der Waals surface area contributed by atoms with Crippen LogP contribution < -0.4 is 11.1 Å². The second kappa shape index (κ2) is 43.6. The number of carboxylic acid groups (broad SMARTS) is 1. The molecule has 0 aromatic heterocycles. The molecule has 1 fully saturated rings. The Kier molecular flexibility index (Phi) is 47.5. The molecule has 1 aliphatic heterocycles. The monoisotopic (exact) mass is 853 g/mol. The van der Waals surface area contributed by atoms with Crippen LogP contribution in [0.2, 0.25) is 0 Å². The molecule has 0 saturated carbocycles. The number of hydrogen-bond acceptors (Lipinski definition) is 14. The first-order valence-electron chi connectivity index (χ1n) is 20.4. The Hall–Kier alpha value is -3.96. The van der Waals surface area contributed by atoms with Gasteiger partial charge in [0, 0.05) is 53.0 Å². The number of amides is 2. The van der Waals surface area contributed by atoms with Crippen molar-refractivity contribution in [2.45, 2.75) is 143 Å². The molecule has 0 aromatic rings. The molecule has 1 aliphatic rings. The molecule has 4 N–H and O–H groups in total. The van der Waals surface area contributed by atoms with Crippen molar-refractivity contribution in [3.05, 3.63) is 12.7 Å². The Balaban J connectivity index is -0.000000205. The van der Waals surface area contributed by atoms with Crippen molar-refractivity contribution in [2.24, 2.45) is 5.73 Å². The number of aliphatic carboxylic acids is 1. The van der Waals surface area contributed by atoms with Crippen LogP contribution in [-0.4, -0.2) is 144 Å². The topological polar surface area (TPSA) is 223 Å². The van der Waals surface area contributed by atoms with Crippen LogP contribution in [0.25, 0.3) is 0 Å². The standard InChI is InChI=1S/C10H19NO4.C10H23N.C9H17NO4.C5H11NO2.C4H6O2.C4H8O/c1-10(2,3)15-9(13)11(4)7-6-8(12)14-5;1-2-3-4-5-6-7-8-9-10-11;1-9(2,3)14-8(13)10(4)6-5-7(11)12;1-6-4-3-5(7)8-2;1-3-4(5)6-2;1-2-4-5-3-1/h6-7H2,1-5H3;2-11H2,1H3;5-6H2,1-4H3,(H,11,12);6H,3-4H2,1-2H3;3H,1H2,2H3;1-4H2. The van der Waals surface area contributed by atoms with Gasteiger partial charge in [0.1, 0.15) is 11.2 Å². The number of carbonyl (C=O) groups excluding carboxylic acids is 5. The molecule has 1 rings (SSSR count). The van der Waals surface area contributed by atoms with Crippen molar-refractivity contribution in [1.29, 1.82) is 0 Å². The van der Waals surface area contributed by atoms with E-state index in [0.717, 1.165) is 25.8 Å². The van der Waals surface area contributed by atoms with E-state index in [1.807, 2.05) is 0 Å². The Morgan fingerprint density at radius 2 is 1.12 bits per heavy atom. The summed E-state index contributed by atoms with van der Waals surface area (Å²) in [7, 11) is 8.90. The summed E-state index contributed by atoms with van der Waals surface area (Å²) in [6.45, 7) is 20.1. The molecule has 0 atom stereocenters. The number of nitrogens with one attached hydrogen (secondary N) is 1. The average molecular weight is 853 g/mol. The summed E-state index contributed by atoms with van der Waals surface area (Å²) >= 11 is 0. The predicted molar refractivity (Wildman–Crippen MR) is 231 cm³/mol. The van der Waals surface area contributed by atoms with Crippen molar-refractivity contribution >= 4 is 36.1 Å². The molecule has 0 spiro atoms. The summed E-state index contributed by atoms with van der Waals surface area (Å²) < 4.78 is 28.0. The fourth-order valence-electron chi connectivity index (χ4n) is 3.69. The zero-order chi connectivity index (χ0) is 46.7. The third kappa shape index (κ3) is 60.9. The van der Waals surface area contributed by atoms with E-state index >= 15 is 0 Å². The molecule has 0 radical (unpaired) electrons. The highest BCUT2D eigenvalue weighted by Gasteiger charge is 2.20. The minimum absolute atomic E-state index is 0.0737. The molecule has 350 valence electrons. The third-order valence-electron chi connectivity index (χ3n) is 7.01.